The van der Waals surface area contributed by atoms with Gasteiger partial charge in [-0.25, -0.2) is 4.79 Å². The molecule has 0 bridgehead atoms. The van der Waals surface area contributed by atoms with E-state index in [2.05, 4.69) is 5.32 Å². The predicted molar refractivity (Wildman–Crippen MR) is 101 cm³/mol. The van der Waals surface area contributed by atoms with E-state index < -0.39 is 18.0 Å². The van der Waals surface area contributed by atoms with Gasteiger partial charge in [-0.1, -0.05) is 11.6 Å². The number of benzene rings is 1. The Bertz CT molecular complexity index is 829. The molecule has 1 heterocycles. The number of nitrogens with zero attached hydrogens (tertiary/aromatic N) is 1. The summed E-state index contributed by atoms with van der Waals surface area (Å²) in [6.45, 7) is 8.08. The Morgan fingerprint density at radius 1 is 1.27 bits per heavy atom. The highest BCUT2D eigenvalue weighted by atomic mass is 35.5. The number of hydrogen-bond donors (Lipinski definition) is 1. The summed E-state index contributed by atoms with van der Waals surface area (Å²) in [5.74, 6) is -0.451. The van der Waals surface area contributed by atoms with Gasteiger partial charge in [-0.15, -0.1) is 0 Å². The molecule has 1 atom stereocenters. The van der Waals surface area contributed by atoms with E-state index in [-0.39, 0.29) is 0 Å². The molecular weight excluding hydrogens is 356 g/mol. The normalized spacial score (nSPS) is 11.8. The van der Waals surface area contributed by atoms with Gasteiger partial charge < -0.3 is 19.4 Å². The molecule has 0 fully saturated rings. The van der Waals surface area contributed by atoms with Crippen molar-refractivity contribution in [3.05, 3.63) is 46.2 Å². The minimum absolute atomic E-state index is 0.377. The number of rotatable bonds is 6. The Kier molecular flexibility index (Phi) is 6.32. The molecule has 6 nitrogen and oxygen atoms in total. The lowest BCUT2D eigenvalue weighted by molar-refractivity contribution is -0.123. The lowest BCUT2D eigenvalue weighted by Gasteiger charge is -2.14. The molecule has 0 aliphatic carbocycles. The lowest BCUT2D eigenvalue weighted by Crippen LogP contribution is -2.30. The molecular formula is C19H23ClN2O4. The van der Waals surface area contributed by atoms with Crippen LogP contribution in [0.4, 0.5) is 5.69 Å². The van der Waals surface area contributed by atoms with Crippen molar-refractivity contribution in [1.29, 1.82) is 0 Å². The van der Waals surface area contributed by atoms with Crippen molar-refractivity contribution < 1.29 is 19.1 Å². The first-order valence-corrected chi connectivity index (χ1v) is 8.68. The zero-order chi connectivity index (χ0) is 19.4. The number of methoxy groups -OCH3 is 1. The van der Waals surface area contributed by atoms with Crippen LogP contribution in [0.1, 0.15) is 35.6 Å². The first-order chi connectivity index (χ1) is 12.3. The van der Waals surface area contributed by atoms with Crippen molar-refractivity contribution in [2.45, 2.75) is 40.3 Å². The Morgan fingerprint density at radius 3 is 2.50 bits per heavy atom. The zero-order valence-corrected chi connectivity index (χ0v) is 16.3. The molecule has 1 amide bonds. The van der Waals surface area contributed by atoms with Crippen LogP contribution in [0.2, 0.25) is 5.02 Å². The third-order valence-corrected chi connectivity index (χ3v) is 4.48. The van der Waals surface area contributed by atoms with Gasteiger partial charge in [0.1, 0.15) is 5.75 Å². The number of amides is 1. The number of carbonyl (C=O) groups is 2. The van der Waals surface area contributed by atoms with Gasteiger partial charge in [-0.05, 0) is 52.0 Å². The van der Waals surface area contributed by atoms with Crippen molar-refractivity contribution in [2.75, 3.05) is 12.4 Å². The van der Waals surface area contributed by atoms with Gasteiger partial charge in [0.05, 0.1) is 17.7 Å². The van der Waals surface area contributed by atoms with Crippen LogP contribution in [0, 0.1) is 13.8 Å². The molecule has 2 rings (SSSR count). The molecule has 1 aromatic heterocycles. The van der Waals surface area contributed by atoms with Crippen LogP contribution in [-0.2, 0) is 16.1 Å². The molecule has 2 aromatic rings. The van der Waals surface area contributed by atoms with E-state index in [0.29, 0.717) is 22.0 Å². The number of carbonyl (C=O) groups excluding carboxylic acids is 2. The first kappa shape index (κ1) is 19.8. The van der Waals surface area contributed by atoms with Crippen molar-refractivity contribution in [3.63, 3.8) is 0 Å². The molecule has 0 saturated carbocycles. The summed E-state index contributed by atoms with van der Waals surface area (Å²) in [5, 5.41) is 3.05. The van der Waals surface area contributed by atoms with Crippen LogP contribution in [0.5, 0.6) is 5.75 Å². The number of aryl methyl sites for hydroxylation is 1. The van der Waals surface area contributed by atoms with Gasteiger partial charge in [0, 0.05) is 23.6 Å². The van der Waals surface area contributed by atoms with E-state index in [9.17, 15) is 9.59 Å². The number of halogens is 1. The highest BCUT2D eigenvalue weighted by Gasteiger charge is 2.22. The number of esters is 1. The number of anilines is 1. The SMILES string of the molecule is CCn1c(C)cc(C(=O)O[C@@H](C)C(=O)Nc2ccc(OC)c(Cl)c2)c1C. The van der Waals surface area contributed by atoms with E-state index >= 15 is 0 Å². The molecule has 7 heteroatoms. The third kappa shape index (κ3) is 4.19. The summed E-state index contributed by atoms with van der Waals surface area (Å²) >= 11 is 6.04. The van der Waals surface area contributed by atoms with Crippen LogP contribution in [-0.4, -0.2) is 29.7 Å². The van der Waals surface area contributed by atoms with Crippen LogP contribution >= 0.6 is 11.6 Å². The van der Waals surface area contributed by atoms with Crippen LogP contribution in [0.25, 0.3) is 0 Å². The zero-order valence-electron chi connectivity index (χ0n) is 15.6. The molecule has 0 radical (unpaired) electrons. The fraction of sp³-hybridized carbons (Fsp3) is 0.368. The Morgan fingerprint density at radius 2 is 1.96 bits per heavy atom. The van der Waals surface area contributed by atoms with Gasteiger partial charge >= 0.3 is 5.97 Å². The Labute approximate surface area is 158 Å². The van der Waals surface area contributed by atoms with Crippen molar-refractivity contribution in [1.82, 2.24) is 4.57 Å². The molecule has 1 N–H and O–H groups in total. The standard InChI is InChI=1S/C19H23ClN2O4/c1-6-22-11(2)9-15(12(22)3)19(24)26-13(4)18(23)21-14-7-8-17(25-5)16(20)10-14/h7-10,13H,6H2,1-5H3,(H,21,23)/t13-/m0/s1. The largest absolute Gasteiger partial charge is 0.495 e. The van der Waals surface area contributed by atoms with E-state index in [1.54, 1.807) is 24.3 Å². The quantitative estimate of drug-likeness (QED) is 0.772. The third-order valence-electron chi connectivity index (χ3n) is 4.18. The second-order valence-electron chi connectivity index (χ2n) is 5.92. The van der Waals surface area contributed by atoms with Crippen molar-refractivity contribution >= 4 is 29.2 Å². The molecule has 0 spiro atoms. The summed E-state index contributed by atoms with van der Waals surface area (Å²) in [6.07, 6.45) is -0.951. The molecule has 1 aromatic carbocycles. The minimum Gasteiger partial charge on any atom is -0.495 e. The average molecular weight is 379 g/mol. The van der Waals surface area contributed by atoms with E-state index in [4.69, 9.17) is 21.1 Å². The molecule has 0 aliphatic rings. The number of nitrogens with one attached hydrogen (secondary N) is 1. The van der Waals surface area contributed by atoms with Crippen molar-refractivity contribution in [2.24, 2.45) is 0 Å². The van der Waals surface area contributed by atoms with E-state index in [1.807, 2.05) is 25.3 Å². The van der Waals surface area contributed by atoms with Gasteiger partial charge in [-0.3, -0.25) is 4.79 Å². The maximum Gasteiger partial charge on any atom is 0.340 e. The molecule has 0 aliphatic heterocycles. The fourth-order valence-electron chi connectivity index (χ4n) is 2.76. The van der Waals surface area contributed by atoms with Gasteiger partial charge in [-0.2, -0.15) is 0 Å². The smallest absolute Gasteiger partial charge is 0.340 e. The maximum absolute atomic E-state index is 12.4. The van der Waals surface area contributed by atoms with E-state index in [0.717, 1.165) is 17.9 Å². The summed E-state index contributed by atoms with van der Waals surface area (Å²) < 4.78 is 12.4. The number of aromatic nitrogens is 1. The van der Waals surface area contributed by atoms with Crippen LogP contribution in [0.15, 0.2) is 24.3 Å². The second kappa shape index (κ2) is 8.27. The molecule has 0 saturated heterocycles. The number of ether oxygens (including phenoxy) is 2. The Hall–Kier alpha value is -2.47. The lowest BCUT2D eigenvalue weighted by atomic mass is 10.2. The predicted octanol–water partition coefficient (Wildman–Crippen LogP) is 3.97. The summed E-state index contributed by atoms with van der Waals surface area (Å²) in [5.41, 5.74) is 2.76. The topological polar surface area (TPSA) is 69.6 Å². The summed E-state index contributed by atoms with van der Waals surface area (Å²) in [4.78, 5) is 24.7. The maximum atomic E-state index is 12.4. The van der Waals surface area contributed by atoms with Crippen LogP contribution < -0.4 is 10.1 Å². The summed E-state index contributed by atoms with van der Waals surface area (Å²) in [6, 6.07) is 6.65. The van der Waals surface area contributed by atoms with Gasteiger partial charge in [0.2, 0.25) is 0 Å². The second-order valence-corrected chi connectivity index (χ2v) is 6.32. The highest BCUT2D eigenvalue weighted by Crippen LogP contribution is 2.27. The van der Waals surface area contributed by atoms with Gasteiger partial charge in [0.15, 0.2) is 6.10 Å². The minimum atomic E-state index is -0.951. The molecule has 140 valence electrons. The molecule has 26 heavy (non-hydrogen) atoms. The van der Waals surface area contributed by atoms with Gasteiger partial charge in [0.25, 0.3) is 5.91 Å². The summed E-state index contributed by atoms with van der Waals surface area (Å²) in [7, 11) is 1.51. The fourth-order valence-corrected chi connectivity index (χ4v) is 3.02. The van der Waals surface area contributed by atoms with Crippen molar-refractivity contribution in [3.8, 4) is 5.75 Å². The highest BCUT2D eigenvalue weighted by molar-refractivity contribution is 6.32. The Balaban J connectivity index is 2.05. The monoisotopic (exact) mass is 378 g/mol. The first-order valence-electron chi connectivity index (χ1n) is 8.30. The van der Waals surface area contributed by atoms with E-state index in [1.165, 1.54) is 14.0 Å². The average Bonchev–Trinajstić information content (AvgIpc) is 2.88. The van der Waals surface area contributed by atoms with Crippen LogP contribution in [0.3, 0.4) is 0 Å². The number of hydrogen-bond acceptors (Lipinski definition) is 4. The molecule has 0 unspecified atom stereocenters.